The molecule has 0 aromatic heterocycles. The molecule has 1 unspecified atom stereocenters. The first kappa shape index (κ1) is 18.1. The van der Waals surface area contributed by atoms with Crippen LogP contribution in [0.4, 0.5) is 11.4 Å². The average molecular weight is 307 g/mol. The number of benzene rings is 1. The monoisotopic (exact) mass is 307 g/mol. The van der Waals surface area contributed by atoms with Gasteiger partial charge in [-0.3, -0.25) is 14.5 Å². The van der Waals surface area contributed by atoms with Crippen LogP contribution in [0.5, 0.6) is 0 Å². The Labute approximate surface area is 131 Å². The van der Waals surface area contributed by atoms with Crippen LogP contribution < -0.4 is 10.6 Å². The summed E-state index contributed by atoms with van der Waals surface area (Å²) in [4.78, 5) is 25.1. The van der Waals surface area contributed by atoms with E-state index in [0.29, 0.717) is 24.5 Å². The van der Waals surface area contributed by atoms with E-state index in [1.807, 2.05) is 18.7 Å². The maximum Gasteiger partial charge on any atom is 0.238 e. The molecule has 22 heavy (non-hydrogen) atoms. The van der Waals surface area contributed by atoms with Crippen molar-refractivity contribution < 1.29 is 14.3 Å². The number of amides is 2. The van der Waals surface area contributed by atoms with Gasteiger partial charge in [-0.15, -0.1) is 0 Å². The van der Waals surface area contributed by atoms with Gasteiger partial charge >= 0.3 is 0 Å². The number of anilines is 2. The number of ether oxygens (including phenoxy) is 1. The predicted molar refractivity (Wildman–Crippen MR) is 88.0 cm³/mol. The third-order valence-electron chi connectivity index (χ3n) is 3.27. The minimum atomic E-state index is -0.123. The largest absolute Gasteiger partial charge is 0.383 e. The maximum atomic E-state index is 12.1. The fraction of sp³-hybridized carbons (Fsp3) is 0.500. The SMILES string of the molecule is CCN(CC(=O)Nc1ccc(NC(C)=O)cc1)C(C)COC. The van der Waals surface area contributed by atoms with E-state index in [9.17, 15) is 9.59 Å². The number of nitrogens with one attached hydrogen (secondary N) is 2. The van der Waals surface area contributed by atoms with Gasteiger partial charge in [0.1, 0.15) is 0 Å². The highest BCUT2D eigenvalue weighted by Gasteiger charge is 2.15. The van der Waals surface area contributed by atoms with E-state index in [0.717, 1.165) is 6.54 Å². The summed E-state index contributed by atoms with van der Waals surface area (Å²) < 4.78 is 5.12. The van der Waals surface area contributed by atoms with Crippen molar-refractivity contribution >= 4 is 23.2 Å². The van der Waals surface area contributed by atoms with Crippen molar-refractivity contribution in [2.45, 2.75) is 26.8 Å². The molecule has 6 nitrogen and oxygen atoms in total. The number of hydrogen-bond acceptors (Lipinski definition) is 4. The number of carbonyl (C=O) groups is 2. The van der Waals surface area contributed by atoms with Gasteiger partial charge in [-0.25, -0.2) is 0 Å². The van der Waals surface area contributed by atoms with E-state index < -0.39 is 0 Å². The minimum Gasteiger partial charge on any atom is -0.383 e. The molecule has 0 aliphatic rings. The molecule has 1 aromatic carbocycles. The van der Waals surface area contributed by atoms with E-state index in [1.165, 1.54) is 6.92 Å². The third kappa shape index (κ3) is 6.24. The molecule has 0 heterocycles. The van der Waals surface area contributed by atoms with Crippen molar-refractivity contribution in [1.29, 1.82) is 0 Å². The van der Waals surface area contributed by atoms with Crippen LogP contribution in [0.2, 0.25) is 0 Å². The standard InChI is InChI=1S/C16H25N3O3/c1-5-19(12(2)11-22-4)10-16(21)18-15-8-6-14(7-9-15)17-13(3)20/h6-9,12H,5,10-11H2,1-4H3,(H,17,20)(H,18,21). The summed E-state index contributed by atoms with van der Waals surface area (Å²) in [7, 11) is 1.65. The summed E-state index contributed by atoms with van der Waals surface area (Å²) >= 11 is 0. The quantitative estimate of drug-likeness (QED) is 0.770. The Balaban J connectivity index is 2.55. The van der Waals surface area contributed by atoms with Crippen LogP contribution in [-0.2, 0) is 14.3 Å². The van der Waals surface area contributed by atoms with Gasteiger partial charge in [0.15, 0.2) is 0 Å². The van der Waals surface area contributed by atoms with Gasteiger partial charge in [0.2, 0.25) is 11.8 Å². The number of carbonyl (C=O) groups excluding carboxylic acids is 2. The molecule has 0 aliphatic heterocycles. The molecular formula is C16H25N3O3. The molecule has 6 heteroatoms. The van der Waals surface area contributed by atoms with Crippen LogP contribution in [-0.4, -0.2) is 49.6 Å². The molecule has 0 saturated heterocycles. The van der Waals surface area contributed by atoms with E-state index in [2.05, 4.69) is 10.6 Å². The Hall–Kier alpha value is -1.92. The lowest BCUT2D eigenvalue weighted by molar-refractivity contribution is -0.118. The van der Waals surface area contributed by atoms with E-state index in [4.69, 9.17) is 4.74 Å². The van der Waals surface area contributed by atoms with Crippen LogP contribution in [0.3, 0.4) is 0 Å². The highest BCUT2D eigenvalue weighted by molar-refractivity contribution is 5.93. The lowest BCUT2D eigenvalue weighted by Gasteiger charge is -2.26. The number of rotatable bonds is 8. The lowest BCUT2D eigenvalue weighted by Crippen LogP contribution is -2.41. The van der Waals surface area contributed by atoms with Crippen molar-refractivity contribution in [1.82, 2.24) is 4.90 Å². The van der Waals surface area contributed by atoms with Crippen molar-refractivity contribution in [3.8, 4) is 0 Å². The first-order valence-electron chi connectivity index (χ1n) is 7.36. The molecule has 0 saturated carbocycles. The molecule has 0 bridgehead atoms. The van der Waals surface area contributed by atoms with Crippen LogP contribution in [0.15, 0.2) is 24.3 Å². The fourth-order valence-corrected chi connectivity index (χ4v) is 2.15. The molecule has 0 aliphatic carbocycles. The summed E-state index contributed by atoms with van der Waals surface area (Å²) in [5.41, 5.74) is 1.41. The number of likely N-dealkylation sites (N-methyl/N-ethyl adjacent to an activating group) is 1. The molecule has 0 spiro atoms. The lowest BCUT2D eigenvalue weighted by atomic mass is 10.2. The molecular weight excluding hydrogens is 282 g/mol. The number of nitrogens with zero attached hydrogens (tertiary/aromatic N) is 1. The summed E-state index contributed by atoms with van der Waals surface area (Å²) in [5, 5.41) is 5.53. The second-order valence-corrected chi connectivity index (χ2v) is 5.17. The van der Waals surface area contributed by atoms with Crippen LogP contribution in [0, 0.1) is 0 Å². The zero-order valence-electron chi connectivity index (χ0n) is 13.7. The Morgan fingerprint density at radius 1 is 1.18 bits per heavy atom. The van der Waals surface area contributed by atoms with E-state index in [1.54, 1.807) is 31.4 Å². The third-order valence-corrected chi connectivity index (χ3v) is 3.27. The molecule has 1 aromatic rings. The van der Waals surface area contributed by atoms with Crippen molar-refractivity contribution in [3.05, 3.63) is 24.3 Å². The molecule has 2 N–H and O–H groups in total. The fourth-order valence-electron chi connectivity index (χ4n) is 2.15. The predicted octanol–water partition coefficient (Wildman–Crippen LogP) is 1.94. The highest BCUT2D eigenvalue weighted by Crippen LogP contribution is 2.13. The van der Waals surface area contributed by atoms with Crippen molar-refractivity contribution in [3.63, 3.8) is 0 Å². The molecule has 1 rings (SSSR count). The Bertz CT molecular complexity index is 488. The molecule has 0 fully saturated rings. The first-order valence-corrected chi connectivity index (χ1v) is 7.36. The van der Waals surface area contributed by atoms with Gasteiger partial charge in [0.25, 0.3) is 0 Å². The highest BCUT2D eigenvalue weighted by atomic mass is 16.5. The average Bonchev–Trinajstić information content (AvgIpc) is 2.46. The van der Waals surface area contributed by atoms with Gasteiger partial charge in [0, 0.05) is 31.5 Å². The summed E-state index contributed by atoms with van der Waals surface area (Å²) in [6.07, 6.45) is 0. The van der Waals surface area contributed by atoms with E-state index in [-0.39, 0.29) is 17.9 Å². The smallest absolute Gasteiger partial charge is 0.238 e. The molecule has 1 atom stereocenters. The summed E-state index contributed by atoms with van der Waals surface area (Å²) in [5.74, 6) is -0.195. The van der Waals surface area contributed by atoms with Crippen LogP contribution in [0.25, 0.3) is 0 Å². The normalized spacial score (nSPS) is 12.0. The maximum absolute atomic E-state index is 12.1. The molecule has 0 radical (unpaired) electrons. The van der Waals surface area contributed by atoms with E-state index >= 15 is 0 Å². The Morgan fingerprint density at radius 3 is 2.18 bits per heavy atom. The first-order chi connectivity index (χ1) is 10.5. The van der Waals surface area contributed by atoms with Gasteiger partial charge in [-0.2, -0.15) is 0 Å². The van der Waals surface area contributed by atoms with Crippen molar-refractivity contribution in [2.24, 2.45) is 0 Å². The topological polar surface area (TPSA) is 70.7 Å². The zero-order valence-corrected chi connectivity index (χ0v) is 13.7. The number of hydrogen-bond donors (Lipinski definition) is 2. The van der Waals surface area contributed by atoms with Gasteiger partial charge in [-0.05, 0) is 37.7 Å². The Kier molecular flexibility index (Phi) is 7.56. The summed E-state index contributed by atoms with van der Waals surface area (Å²) in [6, 6.07) is 7.21. The van der Waals surface area contributed by atoms with Gasteiger partial charge < -0.3 is 15.4 Å². The van der Waals surface area contributed by atoms with Gasteiger partial charge in [0.05, 0.1) is 13.2 Å². The second kappa shape index (κ2) is 9.17. The van der Waals surface area contributed by atoms with Crippen LogP contribution in [0.1, 0.15) is 20.8 Å². The zero-order chi connectivity index (χ0) is 16.5. The Morgan fingerprint density at radius 2 is 1.73 bits per heavy atom. The molecule has 122 valence electrons. The summed E-state index contributed by atoms with van der Waals surface area (Å²) in [6.45, 7) is 7.18. The van der Waals surface area contributed by atoms with Crippen molar-refractivity contribution in [2.75, 3.05) is 37.4 Å². The molecule has 2 amide bonds. The van der Waals surface area contributed by atoms with Gasteiger partial charge in [-0.1, -0.05) is 6.92 Å². The minimum absolute atomic E-state index is 0.0721. The number of methoxy groups -OCH3 is 1. The second-order valence-electron chi connectivity index (χ2n) is 5.17. The van der Waals surface area contributed by atoms with Crippen LogP contribution >= 0.6 is 0 Å².